The highest BCUT2D eigenvalue weighted by Crippen LogP contribution is 2.36. The van der Waals surface area contributed by atoms with E-state index in [1.807, 2.05) is 6.92 Å². The molecule has 0 N–H and O–H groups in total. The van der Waals surface area contributed by atoms with Crippen molar-refractivity contribution < 1.29 is 9.53 Å². The molecule has 1 aromatic carbocycles. The Morgan fingerprint density at radius 3 is 2.74 bits per heavy atom. The molecule has 0 saturated heterocycles. The van der Waals surface area contributed by atoms with Gasteiger partial charge in [0.2, 0.25) is 0 Å². The van der Waals surface area contributed by atoms with Crippen molar-refractivity contribution in [2.45, 2.75) is 46.5 Å². The molecule has 1 aliphatic carbocycles. The molecule has 2 nitrogen and oxygen atoms in total. The zero-order valence-electron chi connectivity index (χ0n) is 12.2. The van der Waals surface area contributed by atoms with Crippen LogP contribution < -0.4 is 0 Å². The first kappa shape index (κ1) is 13.9. The van der Waals surface area contributed by atoms with Crippen molar-refractivity contribution in [2.75, 3.05) is 6.61 Å². The number of allylic oxidation sites excluding steroid dienone is 1. The third-order valence-electron chi connectivity index (χ3n) is 3.72. The number of ether oxygens (including phenoxy) is 1. The molecule has 0 bridgehead atoms. The Morgan fingerprint density at radius 2 is 2.11 bits per heavy atom. The van der Waals surface area contributed by atoms with Gasteiger partial charge in [-0.2, -0.15) is 0 Å². The van der Waals surface area contributed by atoms with Crippen LogP contribution in [0.2, 0.25) is 0 Å². The van der Waals surface area contributed by atoms with E-state index in [0.717, 1.165) is 12.0 Å². The molecular weight excluding hydrogens is 236 g/mol. The SMILES string of the molecule is CCOC(=O)CC1=C(C)Cc2ccc(C(C)C)cc21. The summed E-state index contributed by atoms with van der Waals surface area (Å²) < 4.78 is 5.07. The molecule has 0 unspecified atom stereocenters. The Morgan fingerprint density at radius 1 is 1.37 bits per heavy atom. The van der Waals surface area contributed by atoms with Crippen LogP contribution in [0, 0.1) is 0 Å². The molecule has 1 aromatic rings. The Balaban J connectivity index is 2.30. The quantitative estimate of drug-likeness (QED) is 0.760. The number of carbonyl (C=O) groups is 1. The Kier molecular flexibility index (Phi) is 4.08. The number of rotatable bonds is 4. The molecule has 0 aliphatic heterocycles. The van der Waals surface area contributed by atoms with Crippen LogP contribution in [0.15, 0.2) is 23.8 Å². The zero-order chi connectivity index (χ0) is 14.0. The zero-order valence-corrected chi connectivity index (χ0v) is 12.2. The fourth-order valence-electron chi connectivity index (χ4n) is 2.61. The summed E-state index contributed by atoms with van der Waals surface area (Å²) in [6, 6.07) is 6.64. The Hall–Kier alpha value is -1.57. The number of esters is 1. The van der Waals surface area contributed by atoms with Crippen LogP contribution in [0.4, 0.5) is 0 Å². The van der Waals surface area contributed by atoms with E-state index >= 15 is 0 Å². The summed E-state index contributed by atoms with van der Waals surface area (Å²) in [5.74, 6) is 0.384. The maximum Gasteiger partial charge on any atom is 0.310 e. The molecule has 0 saturated carbocycles. The maximum atomic E-state index is 11.7. The second-order valence-corrected chi connectivity index (χ2v) is 5.49. The van der Waals surface area contributed by atoms with Crippen molar-refractivity contribution in [2.24, 2.45) is 0 Å². The van der Waals surface area contributed by atoms with Crippen LogP contribution in [0.1, 0.15) is 56.7 Å². The van der Waals surface area contributed by atoms with Gasteiger partial charge in [-0.15, -0.1) is 0 Å². The van der Waals surface area contributed by atoms with Crippen LogP contribution in [-0.4, -0.2) is 12.6 Å². The van der Waals surface area contributed by atoms with Crippen molar-refractivity contribution in [3.63, 3.8) is 0 Å². The van der Waals surface area contributed by atoms with Crippen LogP contribution in [0.5, 0.6) is 0 Å². The van der Waals surface area contributed by atoms with Gasteiger partial charge in [-0.1, -0.05) is 37.6 Å². The van der Waals surface area contributed by atoms with E-state index in [-0.39, 0.29) is 5.97 Å². The average molecular weight is 258 g/mol. The summed E-state index contributed by atoms with van der Waals surface area (Å²) in [6.45, 7) is 8.79. The van der Waals surface area contributed by atoms with Gasteiger partial charge < -0.3 is 4.74 Å². The summed E-state index contributed by atoms with van der Waals surface area (Å²) in [4.78, 5) is 11.7. The summed E-state index contributed by atoms with van der Waals surface area (Å²) in [7, 11) is 0. The summed E-state index contributed by atoms with van der Waals surface area (Å²) in [5.41, 5.74) is 6.37. The topological polar surface area (TPSA) is 26.3 Å². The van der Waals surface area contributed by atoms with Gasteiger partial charge in [0.25, 0.3) is 0 Å². The van der Waals surface area contributed by atoms with E-state index in [1.165, 1.54) is 22.3 Å². The van der Waals surface area contributed by atoms with Crippen molar-refractivity contribution in [1.82, 2.24) is 0 Å². The second kappa shape index (κ2) is 5.60. The van der Waals surface area contributed by atoms with Crippen LogP contribution in [-0.2, 0) is 16.0 Å². The number of fused-ring (bicyclic) bond motifs is 1. The van der Waals surface area contributed by atoms with Gasteiger partial charge in [-0.05, 0) is 48.4 Å². The number of benzene rings is 1. The molecule has 0 spiro atoms. The minimum absolute atomic E-state index is 0.125. The molecule has 102 valence electrons. The third kappa shape index (κ3) is 2.89. The fraction of sp³-hybridized carbons (Fsp3) is 0.471. The first-order chi connectivity index (χ1) is 9.02. The van der Waals surface area contributed by atoms with Crippen LogP contribution in [0.3, 0.4) is 0 Å². The third-order valence-corrected chi connectivity index (χ3v) is 3.72. The molecular formula is C17H22O2. The smallest absolute Gasteiger partial charge is 0.310 e. The number of hydrogen-bond donors (Lipinski definition) is 0. The highest BCUT2D eigenvalue weighted by atomic mass is 16.5. The first-order valence-corrected chi connectivity index (χ1v) is 7.00. The van der Waals surface area contributed by atoms with Crippen molar-refractivity contribution in [3.05, 3.63) is 40.5 Å². The number of hydrogen-bond acceptors (Lipinski definition) is 2. The van der Waals surface area contributed by atoms with Gasteiger partial charge >= 0.3 is 5.97 Å². The number of carbonyl (C=O) groups excluding carboxylic acids is 1. The second-order valence-electron chi connectivity index (χ2n) is 5.49. The monoisotopic (exact) mass is 258 g/mol. The van der Waals surface area contributed by atoms with E-state index in [4.69, 9.17) is 4.74 Å². The van der Waals surface area contributed by atoms with Crippen molar-refractivity contribution >= 4 is 11.5 Å². The molecule has 0 heterocycles. The lowest BCUT2D eigenvalue weighted by Gasteiger charge is -2.11. The molecule has 2 heteroatoms. The van der Waals surface area contributed by atoms with Gasteiger partial charge in [0, 0.05) is 0 Å². The predicted molar refractivity (Wildman–Crippen MR) is 78.1 cm³/mol. The Bertz CT molecular complexity index is 524. The van der Waals surface area contributed by atoms with Crippen molar-refractivity contribution in [3.8, 4) is 0 Å². The van der Waals surface area contributed by atoms with E-state index in [9.17, 15) is 4.79 Å². The fourth-order valence-corrected chi connectivity index (χ4v) is 2.61. The highest BCUT2D eigenvalue weighted by Gasteiger charge is 2.22. The molecule has 0 atom stereocenters. The molecule has 19 heavy (non-hydrogen) atoms. The van der Waals surface area contributed by atoms with E-state index in [0.29, 0.717) is 18.9 Å². The summed E-state index contributed by atoms with van der Waals surface area (Å²) in [6.07, 6.45) is 1.36. The molecule has 1 aliphatic rings. The molecule has 0 amide bonds. The van der Waals surface area contributed by atoms with E-state index < -0.39 is 0 Å². The first-order valence-electron chi connectivity index (χ1n) is 7.00. The molecule has 0 aromatic heterocycles. The lowest BCUT2D eigenvalue weighted by atomic mass is 9.95. The van der Waals surface area contributed by atoms with Crippen LogP contribution >= 0.6 is 0 Å². The van der Waals surface area contributed by atoms with E-state index in [1.54, 1.807) is 0 Å². The lowest BCUT2D eigenvalue weighted by Crippen LogP contribution is -2.05. The molecule has 0 radical (unpaired) electrons. The van der Waals surface area contributed by atoms with E-state index in [2.05, 4.69) is 39.0 Å². The predicted octanol–water partition coefficient (Wildman–Crippen LogP) is 4.09. The standard InChI is InChI=1S/C17H22O2/c1-5-19-17(18)10-15-12(4)8-14-7-6-13(11(2)3)9-16(14)15/h6-7,9,11H,5,8,10H2,1-4H3. The maximum absolute atomic E-state index is 11.7. The largest absolute Gasteiger partial charge is 0.466 e. The van der Waals surface area contributed by atoms with Gasteiger partial charge in [-0.25, -0.2) is 0 Å². The normalized spacial score (nSPS) is 13.9. The highest BCUT2D eigenvalue weighted by molar-refractivity contribution is 5.89. The van der Waals surface area contributed by atoms with Crippen molar-refractivity contribution in [1.29, 1.82) is 0 Å². The average Bonchev–Trinajstić information content (AvgIpc) is 2.65. The van der Waals surface area contributed by atoms with Gasteiger partial charge in [0.05, 0.1) is 13.0 Å². The summed E-state index contributed by atoms with van der Waals surface area (Å²) >= 11 is 0. The minimum atomic E-state index is -0.125. The van der Waals surface area contributed by atoms with Gasteiger partial charge in [0.15, 0.2) is 0 Å². The minimum Gasteiger partial charge on any atom is -0.466 e. The Labute approximate surface area is 115 Å². The van der Waals surface area contributed by atoms with Gasteiger partial charge in [0.1, 0.15) is 0 Å². The molecule has 0 fully saturated rings. The van der Waals surface area contributed by atoms with Gasteiger partial charge in [-0.3, -0.25) is 4.79 Å². The summed E-state index contributed by atoms with van der Waals surface area (Å²) in [5, 5.41) is 0. The van der Waals surface area contributed by atoms with Crippen LogP contribution in [0.25, 0.3) is 5.57 Å². The molecule has 2 rings (SSSR count). The lowest BCUT2D eigenvalue weighted by molar-refractivity contribution is -0.141.